The van der Waals surface area contributed by atoms with E-state index in [-0.39, 0.29) is 22.4 Å². The molecule has 0 fully saturated rings. The molecule has 0 radical (unpaired) electrons. The monoisotopic (exact) mass is 572 g/mol. The molecule has 0 aliphatic heterocycles. The summed E-state index contributed by atoms with van der Waals surface area (Å²) in [5.41, 5.74) is 5.63. The minimum atomic E-state index is -0.199. The predicted octanol–water partition coefficient (Wildman–Crippen LogP) is 7.17. The van der Waals surface area contributed by atoms with Crippen molar-refractivity contribution >= 4 is 33.4 Å². The van der Waals surface area contributed by atoms with Gasteiger partial charge in [0.2, 0.25) is 0 Å². The molecular formula is C38H24N2O4. The zero-order chi connectivity index (χ0) is 30.2. The molecule has 44 heavy (non-hydrogen) atoms. The number of aromatic amines is 2. The maximum absolute atomic E-state index is 13.2. The molecule has 0 amide bonds. The molecule has 210 valence electrons. The highest BCUT2D eigenvalue weighted by Gasteiger charge is 2.13. The van der Waals surface area contributed by atoms with Gasteiger partial charge in [0.25, 0.3) is 0 Å². The maximum Gasteiger partial charge on any atom is 0.193 e. The molecule has 5 aromatic carbocycles. The number of rotatable bonds is 6. The number of carbonyl (C=O) groups is 2. The van der Waals surface area contributed by atoms with E-state index < -0.39 is 0 Å². The first-order chi connectivity index (χ1) is 21.4. The number of hydrogen-bond donors (Lipinski definition) is 2. The third kappa shape index (κ3) is 4.95. The molecule has 0 atom stereocenters. The lowest BCUT2D eigenvalue weighted by molar-refractivity contribution is 0.103. The number of hydrogen-bond acceptors (Lipinski definition) is 4. The molecule has 2 heterocycles. The van der Waals surface area contributed by atoms with Crippen LogP contribution in [0.1, 0.15) is 31.8 Å². The standard InChI is InChI=1S/C38H24N2O4/c41-35-21-31(23-11-15-27(16-12-23)37(43)25-7-3-1-4-8-25)39-33-19-30-34(20-29(33)35)40-32(22-36(30)42)24-13-17-28(18-14-24)38(44)26-9-5-2-6-10-26/h1-22H,(H,39,41)(H,40,42). The molecule has 0 aliphatic carbocycles. The van der Waals surface area contributed by atoms with Gasteiger partial charge in [0.15, 0.2) is 22.4 Å². The second-order valence-corrected chi connectivity index (χ2v) is 10.6. The van der Waals surface area contributed by atoms with Crippen molar-refractivity contribution in [2.24, 2.45) is 0 Å². The van der Waals surface area contributed by atoms with Gasteiger partial charge in [0.1, 0.15) is 0 Å². The minimum Gasteiger partial charge on any atom is -0.354 e. The molecule has 2 N–H and O–H groups in total. The number of benzene rings is 5. The van der Waals surface area contributed by atoms with Crippen LogP contribution in [-0.2, 0) is 0 Å². The number of H-pyrrole nitrogens is 2. The number of carbonyl (C=O) groups excluding carboxylic acids is 2. The predicted molar refractivity (Wildman–Crippen MR) is 173 cm³/mol. The fraction of sp³-hybridized carbons (Fsp3) is 0. The third-order valence-electron chi connectivity index (χ3n) is 7.77. The van der Waals surface area contributed by atoms with E-state index in [4.69, 9.17) is 0 Å². The smallest absolute Gasteiger partial charge is 0.193 e. The van der Waals surface area contributed by atoms with Gasteiger partial charge in [-0.1, -0.05) is 109 Å². The van der Waals surface area contributed by atoms with Crippen LogP contribution >= 0.6 is 0 Å². The van der Waals surface area contributed by atoms with Crippen LogP contribution in [0.4, 0.5) is 0 Å². The summed E-state index contributed by atoms with van der Waals surface area (Å²) in [7, 11) is 0. The summed E-state index contributed by atoms with van der Waals surface area (Å²) >= 11 is 0. The first-order valence-electron chi connectivity index (χ1n) is 14.1. The lowest BCUT2D eigenvalue weighted by Gasteiger charge is -2.09. The average Bonchev–Trinajstić information content (AvgIpc) is 3.08. The van der Waals surface area contributed by atoms with Crippen LogP contribution in [0.2, 0.25) is 0 Å². The molecule has 0 unspecified atom stereocenters. The molecule has 6 heteroatoms. The van der Waals surface area contributed by atoms with Gasteiger partial charge in [-0.15, -0.1) is 0 Å². The Hall–Kier alpha value is -6.14. The lowest BCUT2D eigenvalue weighted by atomic mass is 10.00. The number of fused-ring (bicyclic) bond motifs is 2. The van der Waals surface area contributed by atoms with E-state index in [1.807, 2.05) is 36.4 Å². The molecule has 7 rings (SSSR count). The Balaban J connectivity index is 1.21. The Morgan fingerprint density at radius 2 is 0.750 bits per heavy atom. The number of aromatic nitrogens is 2. The van der Waals surface area contributed by atoms with Crippen LogP contribution in [0.5, 0.6) is 0 Å². The van der Waals surface area contributed by atoms with E-state index in [0.29, 0.717) is 55.4 Å². The Bertz CT molecular complexity index is 2150. The van der Waals surface area contributed by atoms with Crippen molar-refractivity contribution in [3.8, 4) is 22.5 Å². The minimum absolute atomic E-state index is 0.0779. The summed E-state index contributed by atoms with van der Waals surface area (Å²) in [4.78, 5) is 58.6. The maximum atomic E-state index is 13.2. The first-order valence-corrected chi connectivity index (χ1v) is 14.1. The second kappa shape index (κ2) is 10.9. The van der Waals surface area contributed by atoms with Crippen LogP contribution < -0.4 is 10.9 Å². The SMILES string of the molecule is O=C(c1ccccc1)c1ccc(-c2cc(=O)c3cc4[nH]c(-c5ccc(C(=O)c6ccccc6)cc5)cc(=O)c4cc3[nH]2)cc1. The van der Waals surface area contributed by atoms with Crippen LogP contribution in [0.3, 0.4) is 0 Å². The van der Waals surface area contributed by atoms with Gasteiger partial charge in [-0.25, -0.2) is 0 Å². The molecule has 6 nitrogen and oxygen atoms in total. The molecule has 0 bridgehead atoms. The fourth-order valence-corrected chi connectivity index (χ4v) is 5.42. The van der Waals surface area contributed by atoms with Crippen LogP contribution in [-0.4, -0.2) is 21.5 Å². The molecule has 0 aliphatic rings. The number of nitrogens with one attached hydrogen (secondary N) is 2. The Labute approximate surface area is 251 Å². The van der Waals surface area contributed by atoms with Gasteiger partial charge in [-0.2, -0.15) is 0 Å². The van der Waals surface area contributed by atoms with Crippen molar-refractivity contribution in [2.45, 2.75) is 0 Å². The van der Waals surface area contributed by atoms with Gasteiger partial charge in [-0.05, 0) is 23.3 Å². The first kappa shape index (κ1) is 26.7. The summed E-state index contributed by atoms with van der Waals surface area (Å²) in [6, 6.07) is 38.7. The molecule has 0 saturated carbocycles. The molecule has 0 spiro atoms. The Morgan fingerprint density at radius 3 is 1.11 bits per heavy atom. The second-order valence-electron chi connectivity index (χ2n) is 10.6. The van der Waals surface area contributed by atoms with E-state index in [1.54, 1.807) is 84.9 Å². The molecule has 7 aromatic rings. The van der Waals surface area contributed by atoms with Gasteiger partial charge in [0.05, 0.1) is 11.0 Å². The molecular weight excluding hydrogens is 548 g/mol. The highest BCUT2D eigenvalue weighted by molar-refractivity contribution is 6.09. The summed E-state index contributed by atoms with van der Waals surface area (Å²) in [5, 5.41) is 0.877. The zero-order valence-electron chi connectivity index (χ0n) is 23.3. The Kier molecular flexibility index (Phi) is 6.64. The van der Waals surface area contributed by atoms with Crippen LogP contribution in [0.25, 0.3) is 44.3 Å². The van der Waals surface area contributed by atoms with Gasteiger partial charge < -0.3 is 9.97 Å². The quantitative estimate of drug-likeness (QED) is 0.163. The van der Waals surface area contributed by atoms with Crippen LogP contribution in [0, 0.1) is 0 Å². The van der Waals surface area contributed by atoms with E-state index in [9.17, 15) is 19.2 Å². The highest BCUT2D eigenvalue weighted by atomic mass is 16.1. The highest BCUT2D eigenvalue weighted by Crippen LogP contribution is 2.25. The van der Waals surface area contributed by atoms with E-state index in [0.717, 1.165) is 11.1 Å². The van der Waals surface area contributed by atoms with Gasteiger partial charge >= 0.3 is 0 Å². The van der Waals surface area contributed by atoms with Crippen molar-refractivity contribution in [1.29, 1.82) is 0 Å². The normalized spacial score (nSPS) is 11.1. The van der Waals surface area contributed by atoms with Crippen molar-refractivity contribution in [3.63, 3.8) is 0 Å². The average molecular weight is 573 g/mol. The van der Waals surface area contributed by atoms with E-state index in [1.165, 1.54) is 12.1 Å². The summed E-state index contributed by atoms with van der Waals surface area (Å²) in [6.07, 6.45) is 0. The van der Waals surface area contributed by atoms with E-state index >= 15 is 0 Å². The summed E-state index contributed by atoms with van der Waals surface area (Å²) in [6.45, 7) is 0. The van der Waals surface area contributed by atoms with E-state index in [2.05, 4.69) is 9.97 Å². The van der Waals surface area contributed by atoms with Crippen molar-refractivity contribution < 1.29 is 9.59 Å². The molecule has 0 saturated heterocycles. The third-order valence-corrected chi connectivity index (χ3v) is 7.77. The van der Waals surface area contributed by atoms with Gasteiger partial charge in [0, 0.05) is 56.5 Å². The largest absolute Gasteiger partial charge is 0.354 e. The summed E-state index contributed by atoms with van der Waals surface area (Å²) < 4.78 is 0. The fourth-order valence-electron chi connectivity index (χ4n) is 5.42. The van der Waals surface area contributed by atoms with Crippen LogP contribution in [0.15, 0.2) is 143 Å². The number of pyridine rings is 2. The molecule has 2 aromatic heterocycles. The van der Waals surface area contributed by atoms with Crippen molar-refractivity contribution in [3.05, 3.63) is 176 Å². The topological polar surface area (TPSA) is 99.9 Å². The lowest BCUT2D eigenvalue weighted by Crippen LogP contribution is -2.07. The van der Waals surface area contributed by atoms with Crippen molar-refractivity contribution in [1.82, 2.24) is 9.97 Å². The van der Waals surface area contributed by atoms with Gasteiger partial charge in [-0.3, -0.25) is 19.2 Å². The van der Waals surface area contributed by atoms with Crippen molar-refractivity contribution in [2.75, 3.05) is 0 Å². The Morgan fingerprint density at radius 1 is 0.409 bits per heavy atom. The number of ketones is 2. The zero-order valence-corrected chi connectivity index (χ0v) is 23.3. The summed E-state index contributed by atoms with van der Waals surface area (Å²) in [5.74, 6) is -0.156.